The lowest BCUT2D eigenvalue weighted by molar-refractivity contribution is -0.0555. The summed E-state index contributed by atoms with van der Waals surface area (Å²) in [5.74, 6) is 2.64. The third-order valence-electron chi connectivity index (χ3n) is 2.67. The molecule has 0 fully saturated rings. The van der Waals surface area contributed by atoms with Crippen molar-refractivity contribution in [3.8, 4) is 12.3 Å². The van der Waals surface area contributed by atoms with Gasteiger partial charge in [0.2, 0.25) is 0 Å². The maximum Gasteiger partial charge on any atom is 0.146 e. The molecule has 2 heteroatoms. The summed E-state index contributed by atoms with van der Waals surface area (Å²) >= 11 is 0. The van der Waals surface area contributed by atoms with Crippen molar-refractivity contribution in [3.63, 3.8) is 0 Å². The summed E-state index contributed by atoms with van der Waals surface area (Å²) in [6.45, 7) is 4.30. The molecule has 0 bridgehead atoms. The topological polar surface area (TPSA) is 18.5 Å². The normalized spacial score (nSPS) is 10.4. The number of ether oxygens (including phenoxy) is 2. The molecule has 0 unspecified atom stereocenters. The molecule has 2 nitrogen and oxygen atoms in total. The Morgan fingerprint density at radius 1 is 0.824 bits per heavy atom. The molecule has 0 aromatic heterocycles. The van der Waals surface area contributed by atoms with Gasteiger partial charge in [0.05, 0.1) is 0 Å². The first-order chi connectivity index (χ1) is 8.41. The summed E-state index contributed by atoms with van der Waals surface area (Å²) in [5, 5.41) is 0. The molecule has 0 saturated carbocycles. The maximum absolute atomic E-state index is 5.39. The molecule has 0 aliphatic heterocycles. The second-order valence-corrected chi connectivity index (χ2v) is 4.36. The third kappa shape index (κ3) is 15.5. The van der Waals surface area contributed by atoms with Gasteiger partial charge in [-0.3, -0.25) is 0 Å². The van der Waals surface area contributed by atoms with Crippen LogP contribution in [0.3, 0.4) is 0 Å². The Kier molecular flexibility index (Phi) is 15.0. The maximum atomic E-state index is 5.39. The Balaban J connectivity index is 2.87. The predicted molar refractivity (Wildman–Crippen MR) is 72.8 cm³/mol. The molecular weight excluding hydrogens is 212 g/mol. The molecule has 17 heavy (non-hydrogen) atoms. The van der Waals surface area contributed by atoms with Crippen molar-refractivity contribution in [2.24, 2.45) is 0 Å². The summed E-state index contributed by atoms with van der Waals surface area (Å²) < 4.78 is 10.8. The summed E-state index contributed by atoms with van der Waals surface area (Å²) in [5.41, 5.74) is 0. The minimum absolute atomic E-state index is 0.447. The summed E-state index contributed by atoms with van der Waals surface area (Å²) in [4.78, 5) is 0. The molecule has 0 aliphatic rings. The van der Waals surface area contributed by atoms with Crippen molar-refractivity contribution in [2.45, 2.75) is 64.7 Å². The predicted octanol–water partition coefficient (Wildman–Crippen LogP) is 4.14. The van der Waals surface area contributed by atoms with Gasteiger partial charge in [-0.15, -0.1) is 12.3 Å². The summed E-state index contributed by atoms with van der Waals surface area (Å²) in [7, 11) is 0. The molecule has 0 aromatic carbocycles. The van der Waals surface area contributed by atoms with Gasteiger partial charge >= 0.3 is 0 Å². The van der Waals surface area contributed by atoms with E-state index in [9.17, 15) is 0 Å². The highest BCUT2D eigenvalue weighted by Gasteiger charge is 1.92. The molecule has 0 heterocycles. The number of terminal acetylenes is 1. The van der Waals surface area contributed by atoms with E-state index in [0.29, 0.717) is 6.79 Å². The molecule has 0 atom stereocenters. The lowest BCUT2D eigenvalue weighted by Gasteiger charge is -2.05. The molecule has 0 spiro atoms. The minimum atomic E-state index is 0.447. The number of rotatable bonds is 13. The largest absolute Gasteiger partial charge is 0.355 e. The van der Waals surface area contributed by atoms with E-state index in [4.69, 9.17) is 15.9 Å². The average molecular weight is 240 g/mol. The Morgan fingerprint density at radius 3 is 2.00 bits per heavy atom. The molecule has 0 aliphatic carbocycles. The quantitative estimate of drug-likeness (QED) is 0.274. The van der Waals surface area contributed by atoms with Gasteiger partial charge in [-0.1, -0.05) is 39.0 Å². The highest BCUT2D eigenvalue weighted by atomic mass is 16.7. The minimum Gasteiger partial charge on any atom is -0.355 e. The van der Waals surface area contributed by atoms with Crippen LogP contribution < -0.4 is 0 Å². The van der Waals surface area contributed by atoms with Crippen LogP contribution in [-0.4, -0.2) is 20.0 Å². The first-order valence-corrected chi connectivity index (χ1v) is 7.00. The lowest BCUT2D eigenvalue weighted by atomic mass is 10.2. The van der Waals surface area contributed by atoms with E-state index in [1.54, 1.807) is 0 Å². The van der Waals surface area contributed by atoms with Crippen LogP contribution in [0.25, 0.3) is 0 Å². The van der Waals surface area contributed by atoms with Crippen LogP contribution in [0.1, 0.15) is 64.7 Å². The van der Waals surface area contributed by atoms with Crippen LogP contribution in [0.5, 0.6) is 0 Å². The van der Waals surface area contributed by atoms with Gasteiger partial charge in [0.1, 0.15) is 6.79 Å². The second kappa shape index (κ2) is 15.5. The Labute approximate surface area is 107 Å². The van der Waals surface area contributed by atoms with E-state index in [-0.39, 0.29) is 0 Å². The average Bonchev–Trinajstić information content (AvgIpc) is 2.35. The highest BCUT2D eigenvalue weighted by molar-refractivity contribution is 4.82. The van der Waals surface area contributed by atoms with Crippen molar-refractivity contribution in [1.82, 2.24) is 0 Å². The van der Waals surface area contributed by atoms with Crippen LogP contribution in [0.4, 0.5) is 0 Å². The van der Waals surface area contributed by atoms with Crippen molar-refractivity contribution in [2.75, 3.05) is 20.0 Å². The van der Waals surface area contributed by atoms with Crippen molar-refractivity contribution < 1.29 is 9.47 Å². The SMILES string of the molecule is C#CCCCCCOCOCCCCCCC. The molecular formula is C15H28O2. The monoisotopic (exact) mass is 240 g/mol. The van der Waals surface area contributed by atoms with E-state index in [0.717, 1.165) is 45.3 Å². The van der Waals surface area contributed by atoms with Gasteiger partial charge in [-0.2, -0.15) is 0 Å². The van der Waals surface area contributed by atoms with Crippen LogP contribution in [0.2, 0.25) is 0 Å². The Morgan fingerprint density at radius 2 is 1.41 bits per heavy atom. The second-order valence-electron chi connectivity index (χ2n) is 4.36. The van der Waals surface area contributed by atoms with Gasteiger partial charge in [-0.25, -0.2) is 0 Å². The lowest BCUT2D eigenvalue weighted by Crippen LogP contribution is -2.03. The molecule has 0 aromatic rings. The van der Waals surface area contributed by atoms with E-state index < -0.39 is 0 Å². The van der Waals surface area contributed by atoms with Crippen molar-refractivity contribution in [1.29, 1.82) is 0 Å². The smallest absolute Gasteiger partial charge is 0.146 e. The van der Waals surface area contributed by atoms with Gasteiger partial charge in [0.25, 0.3) is 0 Å². The van der Waals surface area contributed by atoms with E-state index >= 15 is 0 Å². The van der Waals surface area contributed by atoms with E-state index in [1.807, 2.05) is 0 Å². The molecule has 0 saturated heterocycles. The van der Waals surface area contributed by atoms with Crippen LogP contribution in [0, 0.1) is 12.3 Å². The number of unbranched alkanes of at least 4 members (excludes halogenated alkanes) is 7. The number of hydrogen-bond acceptors (Lipinski definition) is 2. The van der Waals surface area contributed by atoms with Gasteiger partial charge in [0.15, 0.2) is 0 Å². The summed E-state index contributed by atoms with van der Waals surface area (Å²) in [6, 6.07) is 0. The Hall–Kier alpha value is -0.520. The first kappa shape index (κ1) is 16.5. The Bertz CT molecular complexity index is 172. The number of hydrogen-bond donors (Lipinski definition) is 0. The zero-order valence-corrected chi connectivity index (χ0v) is 11.4. The third-order valence-corrected chi connectivity index (χ3v) is 2.67. The molecule has 0 amide bonds. The molecule has 0 rings (SSSR count). The highest BCUT2D eigenvalue weighted by Crippen LogP contribution is 2.02. The van der Waals surface area contributed by atoms with Crippen molar-refractivity contribution >= 4 is 0 Å². The fourth-order valence-corrected chi connectivity index (χ4v) is 1.59. The zero-order valence-electron chi connectivity index (χ0n) is 11.4. The zero-order chi connectivity index (χ0) is 12.6. The van der Waals surface area contributed by atoms with Crippen LogP contribution in [-0.2, 0) is 9.47 Å². The van der Waals surface area contributed by atoms with Crippen LogP contribution >= 0.6 is 0 Å². The fraction of sp³-hybridized carbons (Fsp3) is 0.867. The van der Waals surface area contributed by atoms with Gasteiger partial charge in [-0.05, 0) is 19.3 Å². The standard InChI is InChI=1S/C15H28O2/c1-3-5-7-9-11-13-16-15-17-14-12-10-8-6-4-2/h1H,4-15H2,2H3. The molecule has 0 N–H and O–H groups in total. The van der Waals surface area contributed by atoms with E-state index in [1.165, 1.54) is 25.7 Å². The van der Waals surface area contributed by atoms with Gasteiger partial charge in [0, 0.05) is 19.6 Å². The van der Waals surface area contributed by atoms with Crippen LogP contribution in [0.15, 0.2) is 0 Å². The fourth-order valence-electron chi connectivity index (χ4n) is 1.59. The first-order valence-electron chi connectivity index (χ1n) is 7.00. The molecule has 0 radical (unpaired) electrons. The van der Waals surface area contributed by atoms with Crippen molar-refractivity contribution in [3.05, 3.63) is 0 Å². The van der Waals surface area contributed by atoms with Gasteiger partial charge < -0.3 is 9.47 Å². The van der Waals surface area contributed by atoms with E-state index in [2.05, 4.69) is 12.8 Å². The summed E-state index contributed by atoms with van der Waals surface area (Å²) in [6.07, 6.45) is 15.8. The molecule has 100 valence electrons.